The molecule has 0 bridgehead atoms. The van der Waals surface area contributed by atoms with Crippen molar-refractivity contribution >= 4 is 54.1 Å². The topological polar surface area (TPSA) is 4.93 Å². The quantitative estimate of drug-likeness (QED) is 0.191. The molecule has 1 nitrogen and oxygen atoms in total. The van der Waals surface area contributed by atoms with Gasteiger partial charge in [0.25, 0.3) is 0 Å². The Morgan fingerprint density at radius 2 is 0.884 bits per heavy atom. The van der Waals surface area contributed by atoms with Crippen LogP contribution in [0.15, 0.2) is 152 Å². The third kappa shape index (κ3) is 3.01. The molecule has 10 rings (SSSR count). The number of hydrogen-bond donors (Lipinski definition) is 0. The molecule has 43 heavy (non-hydrogen) atoms. The van der Waals surface area contributed by atoms with E-state index in [-0.39, 0.29) is 0 Å². The lowest BCUT2D eigenvalue weighted by Gasteiger charge is -2.13. The van der Waals surface area contributed by atoms with Gasteiger partial charge in [0.2, 0.25) is 0 Å². The summed E-state index contributed by atoms with van der Waals surface area (Å²) < 4.78 is 2.53. The second-order valence-corrected chi connectivity index (χ2v) is 11.7. The van der Waals surface area contributed by atoms with Crippen LogP contribution in [0.2, 0.25) is 0 Å². The van der Waals surface area contributed by atoms with Gasteiger partial charge >= 0.3 is 0 Å². The van der Waals surface area contributed by atoms with Crippen molar-refractivity contribution in [2.45, 2.75) is 0 Å². The van der Waals surface area contributed by atoms with E-state index >= 15 is 0 Å². The predicted molar refractivity (Wildman–Crippen MR) is 183 cm³/mol. The number of aromatic nitrogens is 1. The van der Waals surface area contributed by atoms with Gasteiger partial charge in [0.15, 0.2) is 0 Å². The highest BCUT2D eigenvalue weighted by Crippen LogP contribution is 2.52. The van der Waals surface area contributed by atoms with Crippen molar-refractivity contribution < 1.29 is 0 Å². The zero-order valence-corrected chi connectivity index (χ0v) is 23.4. The van der Waals surface area contributed by atoms with E-state index < -0.39 is 0 Å². The summed E-state index contributed by atoms with van der Waals surface area (Å²) in [6, 6.07) is 55.8. The molecule has 1 aliphatic carbocycles. The Balaban J connectivity index is 1.44. The van der Waals surface area contributed by atoms with Gasteiger partial charge in [-0.1, -0.05) is 133 Å². The fourth-order valence-corrected chi connectivity index (χ4v) is 7.73. The molecule has 1 heteroatoms. The summed E-state index contributed by atoms with van der Waals surface area (Å²) in [5, 5.41) is 10.5. The van der Waals surface area contributed by atoms with Gasteiger partial charge in [-0.2, -0.15) is 0 Å². The predicted octanol–water partition coefficient (Wildman–Crippen LogP) is 11.6. The van der Waals surface area contributed by atoms with Crippen molar-refractivity contribution in [1.82, 2.24) is 4.57 Å². The van der Waals surface area contributed by atoms with Gasteiger partial charge < -0.3 is 4.57 Å². The van der Waals surface area contributed by atoms with Gasteiger partial charge in [0.1, 0.15) is 0 Å². The van der Waals surface area contributed by atoms with Gasteiger partial charge in [0.05, 0.1) is 11.0 Å². The normalized spacial score (nSPS) is 12.2. The molecular formula is C42H25N. The molecule has 8 aromatic carbocycles. The van der Waals surface area contributed by atoms with Crippen LogP contribution in [0.25, 0.3) is 93.2 Å². The first-order chi connectivity index (χ1) is 21.4. The van der Waals surface area contributed by atoms with Crippen LogP contribution in [0.1, 0.15) is 0 Å². The van der Waals surface area contributed by atoms with Gasteiger partial charge in [0, 0.05) is 21.8 Å². The van der Waals surface area contributed by atoms with E-state index in [0.29, 0.717) is 0 Å². The molecule has 1 aromatic heterocycles. The zero-order chi connectivity index (χ0) is 28.1. The highest BCUT2D eigenvalue weighted by molar-refractivity contribution is 6.38. The number of hydrogen-bond acceptors (Lipinski definition) is 0. The van der Waals surface area contributed by atoms with Gasteiger partial charge in [-0.3, -0.25) is 0 Å². The first-order valence-electron chi connectivity index (χ1n) is 15.0. The van der Waals surface area contributed by atoms with Crippen LogP contribution in [0.5, 0.6) is 0 Å². The Hall–Kier alpha value is -5.66. The van der Waals surface area contributed by atoms with Crippen LogP contribution in [-0.2, 0) is 0 Å². The second kappa shape index (κ2) is 8.44. The summed E-state index contributed by atoms with van der Waals surface area (Å²) in [4.78, 5) is 0. The zero-order valence-electron chi connectivity index (χ0n) is 23.4. The fraction of sp³-hybridized carbons (Fsp3) is 0. The molecule has 0 fully saturated rings. The molecule has 0 spiro atoms. The van der Waals surface area contributed by atoms with E-state index in [2.05, 4.69) is 156 Å². The molecule has 0 unspecified atom stereocenters. The lowest BCUT2D eigenvalue weighted by molar-refractivity contribution is 1.19. The number of nitrogens with zero attached hydrogens (tertiary/aromatic N) is 1. The van der Waals surface area contributed by atoms with Crippen LogP contribution in [0.4, 0.5) is 0 Å². The van der Waals surface area contributed by atoms with Gasteiger partial charge in [-0.15, -0.1) is 0 Å². The third-order valence-electron chi connectivity index (χ3n) is 9.50. The molecule has 0 saturated heterocycles. The Kier molecular flexibility index (Phi) is 4.51. The molecule has 0 saturated carbocycles. The fourth-order valence-electron chi connectivity index (χ4n) is 7.73. The second-order valence-electron chi connectivity index (χ2n) is 11.7. The van der Waals surface area contributed by atoms with E-state index in [0.717, 1.165) is 0 Å². The summed E-state index contributed by atoms with van der Waals surface area (Å²) in [7, 11) is 0. The van der Waals surface area contributed by atoms with Crippen molar-refractivity contribution in [3.63, 3.8) is 0 Å². The molecule has 0 amide bonds. The molecular weight excluding hydrogens is 518 g/mol. The molecule has 9 aromatic rings. The monoisotopic (exact) mass is 543 g/mol. The van der Waals surface area contributed by atoms with E-state index in [1.54, 1.807) is 0 Å². The van der Waals surface area contributed by atoms with E-state index in [1.807, 2.05) is 0 Å². The molecule has 1 heterocycles. The van der Waals surface area contributed by atoms with E-state index in [1.165, 1.54) is 93.2 Å². The first-order valence-corrected chi connectivity index (χ1v) is 15.0. The van der Waals surface area contributed by atoms with Crippen molar-refractivity contribution in [1.29, 1.82) is 0 Å². The summed E-state index contributed by atoms with van der Waals surface area (Å²) in [6.45, 7) is 0. The highest BCUT2D eigenvalue weighted by atomic mass is 15.0. The van der Waals surface area contributed by atoms with Crippen molar-refractivity contribution in [2.75, 3.05) is 0 Å². The number of rotatable bonds is 2. The maximum atomic E-state index is 2.53. The SMILES string of the molecule is c1ccc(-c2ccc(-n3c4cc5c6c(cccc6c4c4c6ccccc6c6ccccc6c43)-c3ccccc3-5)cc2)cc1. The third-order valence-corrected chi connectivity index (χ3v) is 9.50. The summed E-state index contributed by atoms with van der Waals surface area (Å²) >= 11 is 0. The Bertz CT molecular complexity index is 2590. The largest absolute Gasteiger partial charge is 0.309 e. The van der Waals surface area contributed by atoms with Crippen molar-refractivity contribution in [2.24, 2.45) is 0 Å². The average Bonchev–Trinajstić information content (AvgIpc) is 3.60. The van der Waals surface area contributed by atoms with Crippen molar-refractivity contribution in [3.05, 3.63) is 152 Å². The number of fused-ring (bicyclic) bond motifs is 12. The average molecular weight is 544 g/mol. The molecule has 0 radical (unpaired) electrons. The van der Waals surface area contributed by atoms with Gasteiger partial charge in [-0.05, 0) is 78.5 Å². The van der Waals surface area contributed by atoms with Crippen LogP contribution in [0, 0.1) is 0 Å². The summed E-state index contributed by atoms with van der Waals surface area (Å²) in [6.07, 6.45) is 0. The first kappa shape index (κ1) is 23.0. The highest BCUT2D eigenvalue weighted by Gasteiger charge is 2.27. The van der Waals surface area contributed by atoms with Crippen LogP contribution >= 0.6 is 0 Å². The smallest absolute Gasteiger partial charge is 0.0626 e. The Morgan fingerprint density at radius 1 is 0.326 bits per heavy atom. The molecule has 198 valence electrons. The lowest BCUT2D eigenvalue weighted by Crippen LogP contribution is -1.95. The van der Waals surface area contributed by atoms with Crippen LogP contribution in [0.3, 0.4) is 0 Å². The Labute approximate surface area is 248 Å². The van der Waals surface area contributed by atoms with E-state index in [4.69, 9.17) is 0 Å². The minimum atomic E-state index is 1.18. The maximum absolute atomic E-state index is 2.53. The lowest BCUT2D eigenvalue weighted by atomic mass is 9.94. The van der Waals surface area contributed by atoms with Crippen LogP contribution in [-0.4, -0.2) is 4.57 Å². The molecule has 0 atom stereocenters. The minimum absolute atomic E-state index is 1.18. The van der Waals surface area contributed by atoms with Crippen molar-refractivity contribution in [3.8, 4) is 39.1 Å². The summed E-state index contributed by atoms with van der Waals surface area (Å²) in [5.74, 6) is 0. The minimum Gasteiger partial charge on any atom is -0.309 e. The van der Waals surface area contributed by atoms with Crippen LogP contribution < -0.4 is 0 Å². The van der Waals surface area contributed by atoms with Gasteiger partial charge in [-0.25, -0.2) is 0 Å². The molecule has 0 aliphatic heterocycles. The number of benzene rings is 8. The molecule has 1 aliphatic rings. The molecule has 0 N–H and O–H groups in total. The Morgan fingerprint density at radius 3 is 1.65 bits per heavy atom. The maximum Gasteiger partial charge on any atom is 0.0626 e. The standard InChI is InChI=1S/C42H25N/c1-2-11-26(12-3-1)27-21-23-28(24-22-27)43-38-25-37-32-16-5-4-14-30(32)33-19-10-20-36(39(33)37)40(38)41-34-17-8-6-13-29(34)31-15-7-9-18-35(31)42(41)43/h1-25H. The van der Waals surface area contributed by atoms with E-state index in [9.17, 15) is 0 Å². The summed E-state index contributed by atoms with van der Waals surface area (Å²) in [5.41, 5.74) is 11.5.